The van der Waals surface area contributed by atoms with E-state index in [-0.39, 0.29) is 5.75 Å². The van der Waals surface area contributed by atoms with Crippen LogP contribution in [-0.2, 0) is 18.6 Å². The Morgan fingerprint density at radius 2 is 2.00 bits per heavy atom. The molecule has 3 N–H and O–H groups in total. The number of benzene rings is 2. The van der Waals surface area contributed by atoms with Crippen molar-refractivity contribution in [3.8, 4) is 5.75 Å². The van der Waals surface area contributed by atoms with Crippen molar-refractivity contribution in [2.45, 2.75) is 25.0 Å². The number of hydrogen-bond acceptors (Lipinski definition) is 3. The predicted octanol–water partition coefficient (Wildman–Crippen LogP) is 2.45. The van der Waals surface area contributed by atoms with Gasteiger partial charge in [-0.1, -0.05) is 24.3 Å². The molecule has 1 aliphatic carbocycles. The highest BCUT2D eigenvalue weighted by Gasteiger charge is 2.35. The molecule has 0 aliphatic heterocycles. The minimum Gasteiger partial charge on any atom is -0.508 e. The fraction of sp³-hybridized carbons (Fsp3) is 0.294. The lowest BCUT2D eigenvalue weighted by Gasteiger charge is -2.24. The van der Waals surface area contributed by atoms with Crippen molar-refractivity contribution in [3.05, 3.63) is 65.0 Å². The molecule has 110 valence electrons. The van der Waals surface area contributed by atoms with Crippen LogP contribution in [0.5, 0.6) is 5.75 Å². The molecule has 3 rings (SSSR count). The quantitative estimate of drug-likeness (QED) is 0.809. The van der Waals surface area contributed by atoms with Crippen molar-refractivity contribution < 1.29 is 14.6 Å². The van der Waals surface area contributed by atoms with E-state index in [9.17, 15) is 14.6 Å². The van der Waals surface area contributed by atoms with Crippen LogP contribution in [0.25, 0.3) is 0 Å². The molecule has 0 bridgehead atoms. The first kappa shape index (κ1) is 14.0. The third-order valence-electron chi connectivity index (χ3n) is 4.02. The largest absolute Gasteiger partial charge is 0.508 e. The lowest BCUT2D eigenvalue weighted by Crippen LogP contribution is -2.36. The summed E-state index contributed by atoms with van der Waals surface area (Å²) >= 11 is 0. The maximum atomic E-state index is 13.2. The smallest absolute Gasteiger partial charge is 0.127 e. The van der Waals surface area contributed by atoms with Crippen molar-refractivity contribution in [1.82, 2.24) is 5.32 Å². The summed E-state index contributed by atoms with van der Waals surface area (Å²) in [5.41, 5.74) is 1.94. The number of phenolic OH excluding ortho intramolecular Hbond substituents is 1. The van der Waals surface area contributed by atoms with Crippen molar-refractivity contribution >= 4 is 0 Å². The average molecular weight is 287 g/mol. The van der Waals surface area contributed by atoms with E-state index in [0.717, 1.165) is 18.1 Å². The normalized spacial score (nSPS) is 20.5. The molecule has 1 atom stereocenters. The first-order valence-corrected chi connectivity index (χ1v) is 7.07. The minimum absolute atomic E-state index is 0.0864. The maximum absolute atomic E-state index is 13.2. The van der Waals surface area contributed by atoms with Crippen molar-refractivity contribution in [2.75, 3.05) is 6.54 Å². The molecule has 0 spiro atoms. The Labute approximate surface area is 123 Å². The van der Waals surface area contributed by atoms with Crippen LogP contribution in [0, 0.1) is 5.82 Å². The van der Waals surface area contributed by atoms with E-state index in [1.807, 2.05) is 24.3 Å². The summed E-state index contributed by atoms with van der Waals surface area (Å²) in [6, 6.07) is 11.9. The van der Waals surface area contributed by atoms with Gasteiger partial charge in [0.25, 0.3) is 0 Å². The zero-order valence-electron chi connectivity index (χ0n) is 11.6. The second-order valence-electron chi connectivity index (χ2n) is 5.61. The predicted molar refractivity (Wildman–Crippen MR) is 78.4 cm³/mol. The standard InChI is InChI=1S/C17H18FNO2/c18-14-7-12(8-15(20)9-14)10-19-11-17(21)6-5-13-3-1-2-4-16(13)17/h1-4,7-9,19-21H,5-6,10-11H2. The molecule has 0 radical (unpaired) electrons. The molecular weight excluding hydrogens is 269 g/mol. The van der Waals surface area contributed by atoms with E-state index >= 15 is 0 Å². The average Bonchev–Trinajstić information content (AvgIpc) is 2.76. The third kappa shape index (κ3) is 2.91. The Kier molecular flexibility index (Phi) is 3.66. The Balaban J connectivity index is 1.66. The van der Waals surface area contributed by atoms with E-state index < -0.39 is 11.4 Å². The van der Waals surface area contributed by atoms with Crippen LogP contribution in [0.2, 0.25) is 0 Å². The summed E-state index contributed by atoms with van der Waals surface area (Å²) in [5, 5.41) is 23.3. The zero-order chi connectivity index (χ0) is 14.9. The van der Waals surface area contributed by atoms with Crippen molar-refractivity contribution in [3.63, 3.8) is 0 Å². The molecule has 2 aromatic rings. The molecule has 2 aromatic carbocycles. The molecule has 1 aliphatic rings. The monoisotopic (exact) mass is 287 g/mol. The van der Waals surface area contributed by atoms with Crippen LogP contribution in [0.4, 0.5) is 4.39 Å². The lowest BCUT2D eigenvalue weighted by atomic mass is 9.96. The van der Waals surface area contributed by atoms with Crippen LogP contribution in [0.1, 0.15) is 23.1 Å². The summed E-state index contributed by atoms with van der Waals surface area (Å²) < 4.78 is 13.2. The fourth-order valence-corrected chi connectivity index (χ4v) is 3.00. The number of fused-ring (bicyclic) bond motifs is 1. The van der Waals surface area contributed by atoms with Crippen LogP contribution >= 0.6 is 0 Å². The number of aryl methyl sites for hydroxylation is 1. The zero-order valence-corrected chi connectivity index (χ0v) is 11.6. The minimum atomic E-state index is -0.869. The number of phenols is 1. The van der Waals surface area contributed by atoms with Crippen LogP contribution in [0.3, 0.4) is 0 Å². The molecule has 0 heterocycles. The summed E-state index contributed by atoms with van der Waals surface area (Å²) in [4.78, 5) is 0. The molecule has 4 heteroatoms. The molecule has 3 nitrogen and oxygen atoms in total. The lowest BCUT2D eigenvalue weighted by molar-refractivity contribution is 0.0384. The van der Waals surface area contributed by atoms with Gasteiger partial charge in [0.1, 0.15) is 17.2 Å². The van der Waals surface area contributed by atoms with Gasteiger partial charge < -0.3 is 15.5 Å². The Morgan fingerprint density at radius 3 is 2.81 bits per heavy atom. The SMILES string of the molecule is Oc1cc(F)cc(CNCC2(O)CCc3ccccc32)c1. The highest BCUT2D eigenvalue weighted by atomic mass is 19.1. The summed E-state index contributed by atoms with van der Waals surface area (Å²) in [7, 11) is 0. The second kappa shape index (κ2) is 5.47. The Bertz CT molecular complexity index is 639. The molecule has 1 unspecified atom stereocenters. The highest BCUT2D eigenvalue weighted by molar-refractivity contribution is 5.37. The van der Waals surface area contributed by atoms with E-state index in [1.54, 1.807) is 0 Å². The van der Waals surface area contributed by atoms with Gasteiger partial charge in [-0.05, 0) is 41.7 Å². The van der Waals surface area contributed by atoms with Crippen LogP contribution in [-0.4, -0.2) is 16.8 Å². The molecule has 0 saturated carbocycles. The maximum Gasteiger partial charge on any atom is 0.127 e. The Morgan fingerprint density at radius 1 is 1.19 bits per heavy atom. The number of aliphatic hydroxyl groups is 1. The van der Waals surface area contributed by atoms with Gasteiger partial charge in [-0.3, -0.25) is 0 Å². The molecule has 0 fully saturated rings. The van der Waals surface area contributed by atoms with Crippen molar-refractivity contribution in [2.24, 2.45) is 0 Å². The molecule has 0 saturated heterocycles. The Hall–Kier alpha value is -1.91. The molecule has 0 amide bonds. The molecule has 0 aromatic heterocycles. The van der Waals surface area contributed by atoms with Gasteiger partial charge in [0.2, 0.25) is 0 Å². The molecular formula is C17H18FNO2. The van der Waals surface area contributed by atoms with Gasteiger partial charge in [-0.25, -0.2) is 4.39 Å². The van der Waals surface area contributed by atoms with Gasteiger partial charge >= 0.3 is 0 Å². The number of rotatable bonds is 4. The topological polar surface area (TPSA) is 52.5 Å². The summed E-state index contributed by atoms with van der Waals surface area (Å²) in [6.45, 7) is 0.803. The fourth-order valence-electron chi connectivity index (χ4n) is 3.00. The van der Waals surface area contributed by atoms with E-state index in [0.29, 0.717) is 25.1 Å². The van der Waals surface area contributed by atoms with Gasteiger partial charge in [0.15, 0.2) is 0 Å². The van der Waals surface area contributed by atoms with E-state index in [1.165, 1.54) is 17.7 Å². The second-order valence-corrected chi connectivity index (χ2v) is 5.61. The number of nitrogens with one attached hydrogen (secondary N) is 1. The van der Waals surface area contributed by atoms with Crippen molar-refractivity contribution in [1.29, 1.82) is 0 Å². The van der Waals surface area contributed by atoms with Gasteiger partial charge in [0, 0.05) is 19.2 Å². The molecule has 21 heavy (non-hydrogen) atoms. The van der Waals surface area contributed by atoms with Gasteiger partial charge in [-0.15, -0.1) is 0 Å². The van der Waals surface area contributed by atoms with E-state index in [2.05, 4.69) is 5.32 Å². The van der Waals surface area contributed by atoms with Gasteiger partial charge in [0.05, 0.1) is 0 Å². The van der Waals surface area contributed by atoms with Crippen LogP contribution in [0.15, 0.2) is 42.5 Å². The number of halogens is 1. The van der Waals surface area contributed by atoms with Crippen LogP contribution < -0.4 is 5.32 Å². The summed E-state index contributed by atoms with van der Waals surface area (Å²) in [5.74, 6) is -0.548. The number of hydrogen-bond donors (Lipinski definition) is 3. The number of aromatic hydroxyl groups is 1. The van der Waals surface area contributed by atoms with E-state index in [4.69, 9.17) is 0 Å². The first-order chi connectivity index (χ1) is 10.1. The highest BCUT2D eigenvalue weighted by Crippen LogP contribution is 2.36. The van der Waals surface area contributed by atoms with Gasteiger partial charge in [-0.2, -0.15) is 0 Å². The third-order valence-corrected chi connectivity index (χ3v) is 4.02. The summed E-state index contributed by atoms with van der Waals surface area (Å²) in [6.07, 6.45) is 1.56. The first-order valence-electron chi connectivity index (χ1n) is 7.07.